The van der Waals surface area contributed by atoms with Crippen LogP contribution in [0.1, 0.15) is 36.6 Å². The number of benzene rings is 3. The highest BCUT2D eigenvalue weighted by Gasteiger charge is 2.31. The Labute approximate surface area is 184 Å². The Kier molecular flexibility index (Phi) is 5.71. The van der Waals surface area contributed by atoms with E-state index in [1.165, 1.54) is 11.1 Å². The third-order valence-electron chi connectivity index (χ3n) is 6.29. The van der Waals surface area contributed by atoms with E-state index in [1.807, 2.05) is 18.2 Å². The number of nitrogens with one attached hydrogen (secondary N) is 1. The summed E-state index contributed by atoms with van der Waals surface area (Å²) in [5.74, 6) is 3.27. The maximum atomic E-state index is 5.93. The van der Waals surface area contributed by atoms with Crippen LogP contribution in [0.4, 0.5) is 0 Å². The van der Waals surface area contributed by atoms with Crippen LogP contribution in [0.25, 0.3) is 21.9 Å². The largest absolute Gasteiger partial charge is 0.496 e. The average Bonchev–Trinajstić information content (AvgIpc) is 2.77. The highest BCUT2D eigenvalue weighted by molar-refractivity contribution is 6.06. The van der Waals surface area contributed by atoms with Crippen LogP contribution in [0.5, 0.6) is 23.0 Å². The summed E-state index contributed by atoms with van der Waals surface area (Å²) >= 11 is 0. The highest BCUT2D eigenvalue weighted by Crippen LogP contribution is 2.50. The zero-order valence-electron chi connectivity index (χ0n) is 19.4. The number of fused-ring (bicyclic) bond motifs is 2. The molecule has 0 saturated carbocycles. The molecule has 5 nitrogen and oxygen atoms in total. The third-order valence-corrected chi connectivity index (χ3v) is 6.29. The number of methoxy groups -OCH3 is 4. The molecule has 4 rings (SSSR count). The van der Waals surface area contributed by atoms with Crippen LogP contribution < -0.4 is 24.3 Å². The van der Waals surface area contributed by atoms with Gasteiger partial charge in [0.1, 0.15) is 23.0 Å². The SMILES string of the molecule is COc1cc(OC)c2c(c1-c1c(C)cc(OC)c3c(OC)cccc13)CC(C)NC2C. The second-order valence-electron chi connectivity index (χ2n) is 8.20. The number of hydrogen-bond donors (Lipinski definition) is 1. The van der Waals surface area contributed by atoms with E-state index in [4.69, 9.17) is 18.9 Å². The van der Waals surface area contributed by atoms with Crippen LogP contribution in [0, 0.1) is 6.92 Å². The van der Waals surface area contributed by atoms with Crippen LogP contribution in [-0.2, 0) is 6.42 Å². The Hall–Kier alpha value is -2.92. The van der Waals surface area contributed by atoms with E-state index in [-0.39, 0.29) is 6.04 Å². The minimum Gasteiger partial charge on any atom is -0.496 e. The quantitative estimate of drug-likeness (QED) is 0.594. The molecule has 164 valence electrons. The van der Waals surface area contributed by atoms with E-state index in [0.717, 1.165) is 56.9 Å². The van der Waals surface area contributed by atoms with Gasteiger partial charge in [0.2, 0.25) is 0 Å². The molecule has 2 unspecified atom stereocenters. The third kappa shape index (κ3) is 3.37. The molecule has 0 spiro atoms. The fraction of sp³-hybridized carbons (Fsp3) is 0.385. The molecule has 3 aromatic carbocycles. The van der Waals surface area contributed by atoms with Gasteiger partial charge in [-0.1, -0.05) is 12.1 Å². The topological polar surface area (TPSA) is 49.0 Å². The van der Waals surface area contributed by atoms with Crippen molar-refractivity contribution in [1.82, 2.24) is 5.32 Å². The molecule has 5 heteroatoms. The van der Waals surface area contributed by atoms with Crippen molar-refractivity contribution in [2.45, 2.75) is 39.3 Å². The van der Waals surface area contributed by atoms with E-state index >= 15 is 0 Å². The Morgan fingerprint density at radius 3 is 2.13 bits per heavy atom. The molecule has 1 heterocycles. The summed E-state index contributed by atoms with van der Waals surface area (Å²) in [5, 5.41) is 5.71. The molecular weight excluding hydrogens is 390 g/mol. The summed E-state index contributed by atoms with van der Waals surface area (Å²) in [7, 11) is 6.84. The van der Waals surface area contributed by atoms with Crippen molar-refractivity contribution in [3.05, 3.63) is 47.0 Å². The van der Waals surface area contributed by atoms with E-state index in [0.29, 0.717) is 6.04 Å². The minimum atomic E-state index is 0.178. The van der Waals surface area contributed by atoms with Crippen molar-refractivity contribution in [1.29, 1.82) is 0 Å². The lowest BCUT2D eigenvalue weighted by atomic mass is 9.81. The molecule has 0 amide bonds. The van der Waals surface area contributed by atoms with Gasteiger partial charge in [-0.3, -0.25) is 0 Å². The van der Waals surface area contributed by atoms with Crippen molar-refractivity contribution in [3.63, 3.8) is 0 Å². The zero-order valence-corrected chi connectivity index (χ0v) is 19.4. The molecular formula is C26H31NO4. The lowest BCUT2D eigenvalue weighted by molar-refractivity contribution is 0.371. The van der Waals surface area contributed by atoms with Gasteiger partial charge in [-0.05, 0) is 61.4 Å². The predicted molar refractivity (Wildman–Crippen MR) is 125 cm³/mol. The lowest BCUT2D eigenvalue weighted by Crippen LogP contribution is -2.36. The van der Waals surface area contributed by atoms with Gasteiger partial charge in [0.25, 0.3) is 0 Å². The van der Waals surface area contributed by atoms with Gasteiger partial charge in [-0.15, -0.1) is 0 Å². The van der Waals surface area contributed by atoms with Gasteiger partial charge in [-0.2, -0.15) is 0 Å². The van der Waals surface area contributed by atoms with E-state index < -0.39 is 0 Å². The lowest BCUT2D eigenvalue weighted by Gasteiger charge is -2.33. The number of rotatable bonds is 5. The normalized spacial score (nSPS) is 17.9. The summed E-state index contributed by atoms with van der Waals surface area (Å²) in [5.41, 5.74) is 5.86. The second kappa shape index (κ2) is 8.31. The zero-order chi connectivity index (χ0) is 22.3. The standard InChI is InChI=1S/C26H31NO4/c1-14-11-20(29-5)25-17(9-8-10-19(25)28-4)23(14)26-18-12-15(2)27-16(3)24(18)21(30-6)13-22(26)31-7/h8-11,13,15-16,27H,12H2,1-7H3. The summed E-state index contributed by atoms with van der Waals surface area (Å²) in [4.78, 5) is 0. The molecule has 0 radical (unpaired) electrons. The molecule has 0 saturated heterocycles. The summed E-state index contributed by atoms with van der Waals surface area (Å²) in [6, 6.07) is 10.8. The smallest absolute Gasteiger partial charge is 0.130 e. The Morgan fingerprint density at radius 1 is 0.806 bits per heavy atom. The Bertz CT molecular complexity index is 1140. The number of aryl methyl sites for hydroxylation is 1. The minimum absolute atomic E-state index is 0.178. The molecule has 0 aromatic heterocycles. The van der Waals surface area contributed by atoms with E-state index in [2.05, 4.69) is 38.2 Å². The van der Waals surface area contributed by atoms with Crippen LogP contribution in [0.2, 0.25) is 0 Å². The molecule has 0 fully saturated rings. The Morgan fingerprint density at radius 2 is 1.48 bits per heavy atom. The van der Waals surface area contributed by atoms with Gasteiger partial charge in [-0.25, -0.2) is 0 Å². The first kappa shape index (κ1) is 21.3. The Balaban J connectivity index is 2.17. The fourth-order valence-electron chi connectivity index (χ4n) is 5.08. The number of hydrogen-bond acceptors (Lipinski definition) is 5. The van der Waals surface area contributed by atoms with Crippen molar-refractivity contribution in [3.8, 4) is 34.1 Å². The van der Waals surface area contributed by atoms with Crippen molar-refractivity contribution in [2.75, 3.05) is 28.4 Å². The average molecular weight is 422 g/mol. The molecule has 3 aromatic rings. The molecule has 0 aliphatic carbocycles. The monoisotopic (exact) mass is 421 g/mol. The maximum absolute atomic E-state index is 5.93. The van der Waals surface area contributed by atoms with Crippen molar-refractivity contribution in [2.24, 2.45) is 0 Å². The molecule has 2 atom stereocenters. The van der Waals surface area contributed by atoms with Gasteiger partial charge in [0.05, 0.1) is 33.8 Å². The van der Waals surface area contributed by atoms with Gasteiger partial charge in [0.15, 0.2) is 0 Å². The highest BCUT2D eigenvalue weighted by atomic mass is 16.5. The number of ether oxygens (including phenoxy) is 4. The summed E-state index contributed by atoms with van der Waals surface area (Å²) in [6.45, 7) is 6.53. The molecule has 0 bridgehead atoms. The summed E-state index contributed by atoms with van der Waals surface area (Å²) < 4.78 is 23.2. The van der Waals surface area contributed by atoms with Gasteiger partial charge >= 0.3 is 0 Å². The summed E-state index contributed by atoms with van der Waals surface area (Å²) in [6.07, 6.45) is 0.888. The van der Waals surface area contributed by atoms with Gasteiger partial charge in [0, 0.05) is 29.3 Å². The van der Waals surface area contributed by atoms with Crippen LogP contribution >= 0.6 is 0 Å². The molecule has 1 N–H and O–H groups in total. The molecule has 1 aliphatic rings. The first-order chi connectivity index (χ1) is 14.9. The van der Waals surface area contributed by atoms with Gasteiger partial charge < -0.3 is 24.3 Å². The second-order valence-corrected chi connectivity index (χ2v) is 8.20. The van der Waals surface area contributed by atoms with Crippen LogP contribution in [0.3, 0.4) is 0 Å². The first-order valence-corrected chi connectivity index (χ1v) is 10.6. The maximum Gasteiger partial charge on any atom is 0.130 e. The van der Waals surface area contributed by atoms with Crippen LogP contribution in [-0.4, -0.2) is 34.5 Å². The van der Waals surface area contributed by atoms with Crippen molar-refractivity contribution < 1.29 is 18.9 Å². The van der Waals surface area contributed by atoms with E-state index in [1.54, 1.807) is 28.4 Å². The molecule has 1 aliphatic heterocycles. The van der Waals surface area contributed by atoms with Crippen LogP contribution in [0.15, 0.2) is 30.3 Å². The first-order valence-electron chi connectivity index (χ1n) is 10.6. The fourth-order valence-corrected chi connectivity index (χ4v) is 5.08. The van der Waals surface area contributed by atoms with E-state index in [9.17, 15) is 0 Å². The molecule has 31 heavy (non-hydrogen) atoms. The van der Waals surface area contributed by atoms with Crippen molar-refractivity contribution >= 4 is 10.8 Å². The predicted octanol–water partition coefficient (Wildman–Crippen LogP) is 5.44.